The minimum atomic E-state index is -0.444. The number of allylic oxidation sites excluding steroid dienone is 2. The number of esters is 2. The van der Waals surface area contributed by atoms with Crippen molar-refractivity contribution in [3.05, 3.63) is 83.9 Å². The van der Waals surface area contributed by atoms with Crippen LogP contribution in [0.3, 0.4) is 0 Å². The van der Waals surface area contributed by atoms with Crippen molar-refractivity contribution in [2.45, 2.75) is 11.8 Å². The molecule has 1 aliphatic carbocycles. The van der Waals surface area contributed by atoms with Crippen LogP contribution in [0.25, 0.3) is 0 Å². The van der Waals surface area contributed by atoms with Gasteiger partial charge in [0, 0.05) is 11.8 Å². The van der Waals surface area contributed by atoms with Crippen molar-refractivity contribution in [1.82, 2.24) is 0 Å². The van der Waals surface area contributed by atoms with Gasteiger partial charge in [0.05, 0.1) is 11.8 Å². The molecule has 2 aromatic carbocycles. The van der Waals surface area contributed by atoms with Crippen molar-refractivity contribution in [3.63, 3.8) is 0 Å². The standard InChI is InChI=1S/C20H16O3/c21-19-17-15(13-7-3-1-4-8-13)11-12-16(18(17)20(22)23-19)14-9-5-2-6-10-14/h1-12,15-18H/t15-,16+,17-,18-/m1/s1. The van der Waals surface area contributed by atoms with E-state index in [2.05, 4.69) is 0 Å². The second-order valence-electron chi connectivity index (χ2n) is 6.05. The van der Waals surface area contributed by atoms with Crippen LogP contribution in [-0.4, -0.2) is 11.9 Å². The highest BCUT2D eigenvalue weighted by atomic mass is 16.6. The SMILES string of the molecule is O=C1OC(=O)[C@H]2[C@H]1[C@@H](c1ccccc1)C=C[C@H]2c1ccccc1. The lowest BCUT2D eigenvalue weighted by atomic mass is 9.68. The van der Waals surface area contributed by atoms with Crippen molar-refractivity contribution < 1.29 is 14.3 Å². The van der Waals surface area contributed by atoms with Crippen LogP contribution in [0.4, 0.5) is 0 Å². The topological polar surface area (TPSA) is 43.4 Å². The summed E-state index contributed by atoms with van der Waals surface area (Å²) in [5.41, 5.74) is 2.08. The fourth-order valence-corrected chi connectivity index (χ4v) is 3.73. The number of carbonyl (C=O) groups excluding carboxylic acids is 2. The number of benzene rings is 2. The first-order valence-electron chi connectivity index (χ1n) is 7.79. The van der Waals surface area contributed by atoms with E-state index in [0.29, 0.717) is 0 Å². The Morgan fingerprint density at radius 1 is 0.609 bits per heavy atom. The molecule has 4 atom stereocenters. The molecule has 0 bridgehead atoms. The molecule has 1 fully saturated rings. The lowest BCUT2D eigenvalue weighted by Crippen LogP contribution is -2.31. The van der Waals surface area contributed by atoms with Crippen LogP contribution in [0.5, 0.6) is 0 Å². The quantitative estimate of drug-likeness (QED) is 0.485. The number of carbonyl (C=O) groups is 2. The molecule has 4 rings (SSSR count). The Balaban J connectivity index is 1.79. The highest BCUT2D eigenvalue weighted by Gasteiger charge is 2.53. The van der Waals surface area contributed by atoms with Gasteiger partial charge in [0.2, 0.25) is 0 Å². The summed E-state index contributed by atoms with van der Waals surface area (Å²) in [5, 5.41) is 0. The summed E-state index contributed by atoms with van der Waals surface area (Å²) in [6.45, 7) is 0. The first kappa shape index (κ1) is 13.9. The summed E-state index contributed by atoms with van der Waals surface area (Å²) in [6.07, 6.45) is 4.10. The van der Waals surface area contributed by atoms with E-state index in [-0.39, 0.29) is 11.8 Å². The van der Waals surface area contributed by atoms with Crippen molar-refractivity contribution in [2.75, 3.05) is 0 Å². The van der Waals surface area contributed by atoms with Gasteiger partial charge in [0.1, 0.15) is 0 Å². The molecule has 0 amide bonds. The zero-order valence-corrected chi connectivity index (χ0v) is 12.5. The summed E-state index contributed by atoms with van der Waals surface area (Å²) in [5.74, 6) is -1.92. The predicted octanol–water partition coefficient (Wildman–Crippen LogP) is 3.44. The Morgan fingerprint density at radius 3 is 1.39 bits per heavy atom. The Labute approximate surface area is 134 Å². The van der Waals surface area contributed by atoms with Crippen LogP contribution in [0.15, 0.2) is 72.8 Å². The molecule has 2 aromatic rings. The van der Waals surface area contributed by atoms with E-state index in [0.717, 1.165) is 11.1 Å². The smallest absolute Gasteiger partial charge is 0.318 e. The van der Waals surface area contributed by atoms with E-state index in [4.69, 9.17) is 4.74 Å². The fourth-order valence-electron chi connectivity index (χ4n) is 3.73. The average molecular weight is 304 g/mol. The molecule has 3 nitrogen and oxygen atoms in total. The molecule has 0 unspecified atom stereocenters. The second kappa shape index (κ2) is 5.51. The highest BCUT2D eigenvalue weighted by molar-refractivity contribution is 5.98. The van der Waals surface area contributed by atoms with E-state index in [9.17, 15) is 9.59 Å². The molecular weight excluding hydrogens is 288 g/mol. The van der Waals surface area contributed by atoms with Crippen molar-refractivity contribution in [2.24, 2.45) is 11.8 Å². The molecule has 3 heteroatoms. The Kier molecular flexibility index (Phi) is 3.34. The monoisotopic (exact) mass is 304 g/mol. The van der Waals surface area contributed by atoms with E-state index < -0.39 is 23.8 Å². The minimum Gasteiger partial charge on any atom is -0.393 e. The zero-order valence-electron chi connectivity index (χ0n) is 12.5. The Morgan fingerprint density at radius 2 is 1.00 bits per heavy atom. The largest absolute Gasteiger partial charge is 0.393 e. The van der Waals surface area contributed by atoms with Crippen LogP contribution >= 0.6 is 0 Å². The maximum absolute atomic E-state index is 12.3. The molecule has 0 radical (unpaired) electrons. The van der Waals surface area contributed by atoms with Gasteiger partial charge < -0.3 is 4.74 Å². The third-order valence-corrected chi connectivity index (χ3v) is 4.80. The van der Waals surface area contributed by atoms with Crippen LogP contribution in [0.1, 0.15) is 23.0 Å². The summed E-state index contributed by atoms with van der Waals surface area (Å²) in [6, 6.07) is 19.6. The molecule has 1 aliphatic heterocycles. The summed E-state index contributed by atoms with van der Waals surface area (Å²) < 4.78 is 4.99. The van der Waals surface area contributed by atoms with Crippen LogP contribution in [-0.2, 0) is 14.3 Å². The number of fused-ring (bicyclic) bond motifs is 1. The van der Waals surface area contributed by atoms with Gasteiger partial charge in [-0.15, -0.1) is 0 Å². The number of rotatable bonds is 2. The van der Waals surface area contributed by atoms with Gasteiger partial charge in [0.25, 0.3) is 0 Å². The maximum atomic E-state index is 12.3. The molecule has 1 saturated heterocycles. The molecular formula is C20H16O3. The second-order valence-corrected chi connectivity index (χ2v) is 6.05. The summed E-state index contributed by atoms with van der Waals surface area (Å²) >= 11 is 0. The Bertz CT molecular complexity index is 698. The van der Waals surface area contributed by atoms with Crippen molar-refractivity contribution in [3.8, 4) is 0 Å². The van der Waals surface area contributed by atoms with Gasteiger partial charge in [0.15, 0.2) is 0 Å². The van der Waals surface area contributed by atoms with Gasteiger partial charge in [-0.1, -0.05) is 72.8 Å². The van der Waals surface area contributed by atoms with Gasteiger partial charge in [-0.2, -0.15) is 0 Å². The van der Waals surface area contributed by atoms with Crippen molar-refractivity contribution in [1.29, 1.82) is 0 Å². The minimum absolute atomic E-state index is 0.111. The average Bonchev–Trinajstić information content (AvgIpc) is 2.91. The molecule has 23 heavy (non-hydrogen) atoms. The van der Waals surface area contributed by atoms with Gasteiger partial charge >= 0.3 is 11.9 Å². The van der Waals surface area contributed by atoms with Crippen LogP contribution < -0.4 is 0 Å². The van der Waals surface area contributed by atoms with E-state index in [1.54, 1.807) is 0 Å². The third-order valence-electron chi connectivity index (χ3n) is 4.80. The molecule has 0 saturated carbocycles. The molecule has 1 heterocycles. The fraction of sp³-hybridized carbons (Fsp3) is 0.200. The maximum Gasteiger partial charge on any atom is 0.318 e. The first-order chi connectivity index (χ1) is 11.3. The molecule has 0 spiro atoms. The van der Waals surface area contributed by atoms with Gasteiger partial charge in [-0.25, -0.2) is 0 Å². The van der Waals surface area contributed by atoms with Crippen molar-refractivity contribution >= 4 is 11.9 Å². The molecule has 2 aliphatic rings. The predicted molar refractivity (Wildman–Crippen MR) is 85.6 cm³/mol. The summed E-state index contributed by atoms with van der Waals surface area (Å²) in [4.78, 5) is 24.6. The molecule has 114 valence electrons. The highest BCUT2D eigenvalue weighted by Crippen LogP contribution is 2.48. The van der Waals surface area contributed by atoms with E-state index in [1.165, 1.54) is 0 Å². The number of cyclic esters (lactones) is 2. The van der Waals surface area contributed by atoms with Gasteiger partial charge in [-0.05, 0) is 11.1 Å². The van der Waals surface area contributed by atoms with E-state index >= 15 is 0 Å². The molecule has 0 aromatic heterocycles. The lowest BCUT2D eigenvalue weighted by molar-refractivity contribution is -0.153. The molecule has 0 N–H and O–H groups in total. The number of ether oxygens (including phenoxy) is 1. The number of hydrogen-bond acceptors (Lipinski definition) is 3. The van der Waals surface area contributed by atoms with Crippen LogP contribution in [0.2, 0.25) is 0 Å². The number of hydrogen-bond donors (Lipinski definition) is 0. The van der Waals surface area contributed by atoms with E-state index in [1.807, 2.05) is 72.8 Å². The first-order valence-corrected chi connectivity index (χ1v) is 7.79. The lowest BCUT2D eigenvalue weighted by Gasteiger charge is -2.31. The Hall–Kier alpha value is -2.68. The normalized spacial score (nSPS) is 29.2. The third kappa shape index (κ3) is 2.29. The zero-order chi connectivity index (χ0) is 15.8. The summed E-state index contributed by atoms with van der Waals surface area (Å²) in [7, 11) is 0. The van der Waals surface area contributed by atoms with Gasteiger partial charge in [-0.3, -0.25) is 9.59 Å². The van der Waals surface area contributed by atoms with Crippen LogP contribution in [0, 0.1) is 11.8 Å².